The molecular formula is C22H39N3O4S. The molecule has 0 bridgehead atoms. The van der Waals surface area contributed by atoms with Gasteiger partial charge in [-0.3, -0.25) is 4.79 Å². The summed E-state index contributed by atoms with van der Waals surface area (Å²) in [6.07, 6.45) is 2.35. The highest BCUT2D eigenvalue weighted by Gasteiger charge is 2.36. The van der Waals surface area contributed by atoms with E-state index in [4.69, 9.17) is 9.57 Å². The highest BCUT2D eigenvalue weighted by Crippen LogP contribution is 2.32. The maximum atomic E-state index is 12.8. The lowest BCUT2D eigenvalue weighted by Gasteiger charge is -2.35. The number of likely N-dealkylation sites (tertiary alicyclic amines) is 1. The summed E-state index contributed by atoms with van der Waals surface area (Å²) in [5.74, 6) is 1.69. The number of hydrogen-bond acceptors (Lipinski definition) is 6. The number of carbonyl (C=O) groups is 2. The Bertz CT molecular complexity index is 664. The third-order valence-electron chi connectivity index (χ3n) is 5.29. The molecule has 172 valence electrons. The molecule has 2 amide bonds. The Morgan fingerprint density at radius 1 is 1.20 bits per heavy atom. The van der Waals surface area contributed by atoms with Gasteiger partial charge in [0, 0.05) is 24.9 Å². The first-order valence-electron chi connectivity index (χ1n) is 10.8. The Labute approximate surface area is 185 Å². The lowest BCUT2D eigenvalue weighted by molar-refractivity contribution is -0.121. The largest absolute Gasteiger partial charge is 0.444 e. The van der Waals surface area contributed by atoms with Crippen molar-refractivity contribution in [2.75, 3.05) is 18.8 Å². The predicted molar refractivity (Wildman–Crippen MR) is 122 cm³/mol. The Balaban J connectivity index is 1.82. The van der Waals surface area contributed by atoms with E-state index in [-0.39, 0.29) is 23.5 Å². The Hall–Kier alpha value is -1.44. The first-order valence-corrected chi connectivity index (χ1v) is 11.8. The van der Waals surface area contributed by atoms with Crippen molar-refractivity contribution in [3.05, 3.63) is 0 Å². The molecule has 30 heavy (non-hydrogen) atoms. The maximum Gasteiger partial charge on any atom is 0.410 e. The van der Waals surface area contributed by atoms with Gasteiger partial charge in [-0.1, -0.05) is 25.9 Å². The third-order valence-corrected chi connectivity index (χ3v) is 6.84. The van der Waals surface area contributed by atoms with Crippen LogP contribution >= 0.6 is 11.8 Å². The van der Waals surface area contributed by atoms with Crippen LogP contribution in [0.3, 0.4) is 0 Å². The SMILES string of the molecule is CC(C)(C)OC(=O)N1CCCC(CSC(C)(C)C(=O)NC2=NOC(C(C)(C)C)C2)C1. The second-order valence-corrected chi connectivity index (χ2v) is 12.6. The van der Waals surface area contributed by atoms with Crippen LogP contribution in [-0.2, 0) is 14.4 Å². The second kappa shape index (κ2) is 9.37. The van der Waals surface area contributed by atoms with Gasteiger partial charge in [0.1, 0.15) is 11.7 Å². The summed E-state index contributed by atoms with van der Waals surface area (Å²) in [6.45, 7) is 17.2. The van der Waals surface area contributed by atoms with E-state index in [0.717, 1.165) is 25.1 Å². The summed E-state index contributed by atoms with van der Waals surface area (Å²) in [7, 11) is 0. The number of rotatable bonds is 4. The van der Waals surface area contributed by atoms with Crippen LogP contribution in [0.5, 0.6) is 0 Å². The van der Waals surface area contributed by atoms with Crippen molar-refractivity contribution in [1.29, 1.82) is 0 Å². The predicted octanol–water partition coefficient (Wildman–Crippen LogP) is 4.41. The van der Waals surface area contributed by atoms with Gasteiger partial charge < -0.3 is 19.8 Å². The van der Waals surface area contributed by atoms with E-state index < -0.39 is 10.3 Å². The van der Waals surface area contributed by atoms with Gasteiger partial charge in [0.25, 0.3) is 0 Å². The summed E-state index contributed by atoms with van der Waals surface area (Å²) in [5, 5.41) is 7.01. The second-order valence-electron chi connectivity index (χ2n) is 10.9. The average molecular weight is 442 g/mol. The molecule has 1 fully saturated rings. The van der Waals surface area contributed by atoms with Crippen LogP contribution in [0, 0.1) is 11.3 Å². The first-order chi connectivity index (χ1) is 13.7. The minimum absolute atomic E-state index is 0.0235. The van der Waals surface area contributed by atoms with Crippen LogP contribution in [0.2, 0.25) is 0 Å². The lowest BCUT2D eigenvalue weighted by atomic mass is 9.87. The van der Waals surface area contributed by atoms with Gasteiger partial charge in [0.2, 0.25) is 5.91 Å². The van der Waals surface area contributed by atoms with E-state index in [2.05, 4.69) is 31.2 Å². The lowest BCUT2D eigenvalue weighted by Crippen LogP contribution is -2.45. The van der Waals surface area contributed by atoms with E-state index in [1.54, 1.807) is 16.7 Å². The van der Waals surface area contributed by atoms with E-state index in [9.17, 15) is 9.59 Å². The smallest absolute Gasteiger partial charge is 0.410 e. The molecule has 0 saturated carbocycles. The van der Waals surface area contributed by atoms with Crippen molar-refractivity contribution in [2.24, 2.45) is 16.5 Å². The Kier molecular flexibility index (Phi) is 7.75. The van der Waals surface area contributed by atoms with Gasteiger partial charge >= 0.3 is 6.09 Å². The minimum atomic E-state index is -0.601. The summed E-state index contributed by atoms with van der Waals surface area (Å²) in [4.78, 5) is 32.5. The Morgan fingerprint density at radius 2 is 1.87 bits per heavy atom. The summed E-state index contributed by atoms with van der Waals surface area (Å²) < 4.78 is 4.91. The number of amides is 2. The number of piperidine rings is 1. The Morgan fingerprint density at radius 3 is 2.43 bits per heavy atom. The number of thioether (sulfide) groups is 1. The summed E-state index contributed by atoms with van der Waals surface area (Å²) in [6, 6.07) is 0. The molecule has 2 rings (SSSR count). The number of oxime groups is 1. The molecule has 8 heteroatoms. The molecule has 0 radical (unpaired) electrons. The quantitative estimate of drug-likeness (QED) is 0.699. The van der Waals surface area contributed by atoms with Crippen LogP contribution in [0.15, 0.2) is 5.16 Å². The zero-order valence-electron chi connectivity index (χ0n) is 19.8. The molecule has 0 aromatic rings. The molecule has 0 aliphatic carbocycles. The summed E-state index contributed by atoms with van der Waals surface area (Å²) in [5.41, 5.74) is -0.515. The molecule has 2 unspecified atom stereocenters. The van der Waals surface area contributed by atoms with Crippen molar-refractivity contribution >= 4 is 29.6 Å². The van der Waals surface area contributed by atoms with E-state index in [1.807, 2.05) is 34.6 Å². The van der Waals surface area contributed by atoms with Gasteiger partial charge in [-0.2, -0.15) is 0 Å². The number of nitrogens with one attached hydrogen (secondary N) is 1. The van der Waals surface area contributed by atoms with Crippen molar-refractivity contribution in [3.8, 4) is 0 Å². The molecule has 0 aromatic carbocycles. The standard InChI is InChI=1S/C22H39N3O4S/c1-20(2,3)16-12-17(24-29-16)23-18(26)22(7,8)30-14-15-10-9-11-25(13-15)19(27)28-21(4,5)6/h15-16H,9-14H2,1-8H3,(H,23,24,26). The number of carbonyl (C=O) groups excluding carboxylic acids is 2. The monoisotopic (exact) mass is 441 g/mol. The van der Waals surface area contributed by atoms with Gasteiger partial charge in [0.15, 0.2) is 5.84 Å². The molecule has 7 nitrogen and oxygen atoms in total. The van der Waals surface area contributed by atoms with Crippen LogP contribution in [0.25, 0.3) is 0 Å². The topological polar surface area (TPSA) is 80.2 Å². The van der Waals surface area contributed by atoms with E-state index >= 15 is 0 Å². The number of nitrogens with zero attached hydrogens (tertiary/aromatic N) is 2. The molecule has 2 aliphatic rings. The van der Waals surface area contributed by atoms with Crippen molar-refractivity contribution in [2.45, 2.75) is 91.1 Å². The maximum absolute atomic E-state index is 12.8. The molecule has 2 aliphatic heterocycles. The highest BCUT2D eigenvalue weighted by atomic mass is 32.2. The molecule has 2 atom stereocenters. The van der Waals surface area contributed by atoms with Gasteiger partial charge in [0.05, 0.1) is 4.75 Å². The number of amidine groups is 1. The van der Waals surface area contributed by atoms with Crippen molar-refractivity contribution in [3.63, 3.8) is 0 Å². The molecule has 2 heterocycles. The fraction of sp³-hybridized carbons (Fsp3) is 0.864. The average Bonchev–Trinajstić information content (AvgIpc) is 3.08. The fourth-order valence-electron chi connectivity index (χ4n) is 3.28. The number of hydrogen-bond donors (Lipinski definition) is 1. The van der Waals surface area contributed by atoms with Gasteiger partial charge in [-0.15, -0.1) is 11.8 Å². The normalized spacial score (nSPS) is 22.9. The van der Waals surface area contributed by atoms with Crippen molar-refractivity contribution in [1.82, 2.24) is 10.2 Å². The van der Waals surface area contributed by atoms with Crippen LogP contribution in [0.4, 0.5) is 4.79 Å². The molecule has 1 saturated heterocycles. The van der Waals surface area contributed by atoms with Gasteiger partial charge in [-0.05, 0) is 59.1 Å². The first kappa shape index (κ1) is 24.8. The van der Waals surface area contributed by atoms with E-state index in [0.29, 0.717) is 24.7 Å². The third kappa shape index (κ3) is 7.36. The molecule has 0 aromatic heterocycles. The summed E-state index contributed by atoms with van der Waals surface area (Å²) >= 11 is 1.62. The fourth-order valence-corrected chi connectivity index (χ4v) is 4.39. The van der Waals surface area contributed by atoms with E-state index in [1.165, 1.54) is 0 Å². The zero-order valence-corrected chi connectivity index (χ0v) is 20.6. The van der Waals surface area contributed by atoms with Gasteiger partial charge in [-0.25, -0.2) is 4.79 Å². The highest BCUT2D eigenvalue weighted by molar-refractivity contribution is 8.01. The minimum Gasteiger partial charge on any atom is -0.444 e. The van der Waals surface area contributed by atoms with Crippen LogP contribution in [-0.4, -0.2) is 58.0 Å². The molecular weight excluding hydrogens is 402 g/mol. The van der Waals surface area contributed by atoms with Crippen LogP contribution < -0.4 is 5.32 Å². The van der Waals surface area contributed by atoms with Crippen molar-refractivity contribution < 1.29 is 19.2 Å². The number of ether oxygens (including phenoxy) is 1. The molecule has 0 spiro atoms. The van der Waals surface area contributed by atoms with Crippen LogP contribution in [0.1, 0.15) is 74.7 Å². The zero-order chi connectivity index (χ0) is 22.7. The molecule has 1 N–H and O–H groups in total.